The van der Waals surface area contributed by atoms with Crippen LogP contribution < -0.4 is 14.2 Å². The van der Waals surface area contributed by atoms with Crippen molar-refractivity contribution in [2.24, 2.45) is 0 Å². The lowest BCUT2D eigenvalue weighted by molar-refractivity contribution is 0.340. The van der Waals surface area contributed by atoms with Gasteiger partial charge < -0.3 is 4.74 Å². The molecule has 0 heterocycles. The molecule has 0 bridgehead atoms. The monoisotopic (exact) mass is 440 g/mol. The number of rotatable bonds is 6. The number of hydrogen-bond acceptors (Lipinski definition) is 5. The minimum atomic E-state index is -3.85. The van der Waals surface area contributed by atoms with Crippen LogP contribution in [0, 0.1) is 0 Å². The average molecular weight is 441 g/mol. The Labute approximate surface area is 151 Å². The highest BCUT2D eigenvalue weighted by Gasteiger charge is 2.32. The third-order valence-electron chi connectivity index (χ3n) is 3.85. The molecule has 136 valence electrons. The fourth-order valence-corrected chi connectivity index (χ4v) is 5.66. The van der Waals surface area contributed by atoms with E-state index in [9.17, 15) is 16.8 Å². The van der Waals surface area contributed by atoms with Gasteiger partial charge in [-0.3, -0.25) is 0 Å². The van der Waals surface area contributed by atoms with Gasteiger partial charge in [-0.1, -0.05) is 28.8 Å². The lowest BCUT2D eigenvalue weighted by Crippen LogP contribution is -2.52. The van der Waals surface area contributed by atoms with E-state index < -0.39 is 32.1 Å². The molecule has 1 aromatic carbocycles. The molecule has 2 N–H and O–H groups in total. The molecule has 0 aliphatic heterocycles. The average Bonchev–Trinajstić information content (AvgIpc) is 2.47. The fraction of sp³-hybridized carbons (Fsp3) is 0.571. The lowest BCUT2D eigenvalue weighted by Gasteiger charge is -2.32. The minimum Gasteiger partial charge on any atom is -0.495 e. The van der Waals surface area contributed by atoms with Crippen molar-refractivity contribution in [3.05, 3.63) is 22.7 Å². The second-order valence-electron chi connectivity index (χ2n) is 5.80. The molecule has 0 aromatic heterocycles. The first-order chi connectivity index (χ1) is 11.1. The van der Waals surface area contributed by atoms with Crippen LogP contribution in [0.2, 0.25) is 0 Å². The van der Waals surface area contributed by atoms with Crippen LogP contribution in [0.25, 0.3) is 0 Å². The van der Waals surface area contributed by atoms with Gasteiger partial charge in [-0.15, -0.1) is 0 Å². The van der Waals surface area contributed by atoms with E-state index in [0.717, 1.165) is 19.1 Å². The Morgan fingerprint density at radius 3 is 2.21 bits per heavy atom. The van der Waals surface area contributed by atoms with Gasteiger partial charge in [0.25, 0.3) is 0 Å². The molecule has 2 rings (SSSR count). The van der Waals surface area contributed by atoms with Crippen molar-refractivity contribution in [3.63, 3.8) is 0 Å². The van der Waals surface area contributed by atoms with Crippen LogP contribution in [0.4, 0.5) is 0 Å². The standard InChI is InChI=1S/C14H21BrN2O5S2/c1-22-13-8-7-10(15)9-14(13)24(20,21)17-12-6-4-3-5-11(12)16-23(2,18)19/h7-9,11-12,16-17H,3-6H2,1-2H3/t11-,12+/m1/s1. The van der Waals surface area contributed by atoms with Crippen molar-refractivity contribution in [2.45, 2.75) is 42.7 Å². The predicted octanol–water partition coefficient (Wildman–Crippen LogP) is 1.60. The molecule has 1 aromatic rings. The van der Waals surface area contributed by atoms with Crippen LogP contribution in [0.1, 0.15) is 25.7 Å². The lowest BCUT2D eigenvalue weighted by atomic mass is 9.92. The zero-order valence-electron chi connectivity index (χ0n) is 13.5. The minimum absolute atomic E-state index is 0.0167. The van der Waals surface area contributed by atoms with E-state index >= 15 is 0 Å². The number of methoxy groups -OCH3 is 1. The topological polar surface area (TPSA) is 102 Å². The molecule has 0 saturated heterocycles. The molecule has 1 aliphatic carbocycles. The summed E-state index contributed by atoms with van der Waals surface area (Å²) in [5.74, 6) is 0.231. The zero-order valence-corrected chi connectivity index (χ0v) is 16.7. The van der Waals surface area contributed by atoms with Crippen LogP contribution in [0.3, 0.4) is 0 Å². The molecule has 1 aliphatic rings. The van der Waals surface area contributed by atoms with E-state index in [1.165, 1.54) is 13.2 Å². The Kier molecular flexibility index (Phi) is 6.29. The molecule has 2 atom stereocenters. The van der Waals surface area contributed by atoms with Gasteiger partial charge in [0, 0.05) is 16.6 Å². The second kappa shape index (κ2) is 7.69. The normalized spacial score (nSPS) is 22.3. The van der Waals surface area contributed by atoms with Crippen LogP contribution in [0.15, 0.2) is 27.6 Å². The molecule has 1 saturated carbocycles. The third-order valence-corrected chi connectivity index (χ3v) is 6.59. The van der Waals surface area contributed by atoms with E-state index in [2.05, 4.69) is 25.4 Å². The maximum atomic E-state index is 12.8. The third kappa shape index (κ3) is 5.16. The van der Waals surface area contributed by atoms with Crippen molar-refractivity contribution in [2.75, 3.05) is 13.4 Å². The number of benzene rings is 1. The van der Waals surface area contributed by atoms with E-state index in [1.807, 2.05) is 0 Å². The molecule has 0 amide bonds. The highest BCUT2D eigenvalue weighted by atomic mass is 79.9. The Hall–Kier alpha value is -0.680. The van der Waals surface area contributed by atoms with Gasteiger partial charge in [0.05, 0.1) is 13.4 Å². The molecule has 7 nitrogen and oxygen atoms in total. The van der Waals surface area contributed by atoms with Crippen LogP contribution in [0.5, 0.6) is 5.75 Å². The molecule has 24 heavy (non-hydrogen) atoms. The molecule has 0 radical (unpaired) electrons. The van der Waals surface area contributed by atoms with Crippen LogP contribution >= 0.6 is 15.9 Å². The van der Waals surface area contributed by atoms with Crippen LogP contribution in [-0.2, 0) is 20.0 Å². The summed E-state index contributed by atoms with van der Waals surface area (Å²) in [5, 5.41) is 0. The van der Waals surface area contributed by atoms with Crippen LogP contribution in [-0.4, -0.2) is 42.3 Å². The van der Waals surface area contributed by atoms with Gasteiger partial charge >= 0.3 is 0 Å². The van der Waals surface area contributed by atoms with Gasteiger partial charge in [-0.25, -0.2) is 26.3 Å². The largest absolute Gasteiger partial charge is 0.495 e. The van der Waals surface area contributed by atoms with Crippen molar-refractivity contribution < 1.29 is 21.6 Å². The predicted molar refractivity (Wildman–Crippen MR) is 95.0 cm³/mol. The summed E-state index contributed by atoms with van der Waals surface area (Å²) in [6.45, 7) is 0. The summed E-state index contributed by atoms with van der Waals surface area (Å²) < 4.78 is 59.4. The summed E-state index contributed by atoms with van der Waals surface area (Å²) in [7, 11) is -5.87. The first-order valence-corrected chi connectivity index (χ1v) is 11.6. The maximum Gasteiger partial charge on any atom is 0.244 e. The second-order valence-corrected chi connectivity index (χ2v) is 10.2. The van der Waals surface area contributed by atoms with Crippen molar-refractivity contribution in [1.82, 2.24) is 9.44 Å². The van der Waals surface area contributed by atoms with Gasteiger partial charge in [0.1, 0.15) is 10.6 Å². The highest BCUT2D eigenvalue weighted by molar-refractivity contribution is 9.10. The van der Waals surface area contributed by atoms with E-state index in [-0.39, 0.29) is 10.6 Å². The summed E-state index contributed by atoms with van der Waals surface area (Å²) >= 11 is 3.26. The van der Waals surface area contributed by atoms with Crippen molar-refractivity contribution in [1.29, 1.82) is 0 Å². The summed E-state index contributed by atoms with van der Waals surface area (Å²) in [6.07, 6.45) is 3.93. The number of nitrogens with one attached hydrogen (secondary N) is 2. The fourth-order valence-electron chi connectivity index (χ4n) is 2.81. The molecular formula is C14H21BrN2O5S2. The zero-order chi connectivity index (χ0) is 18.0. The summed E-state index contributed by atoms with van der Waals surface area (Å²) in [4.78, 5) is 0.0167. The number of ether oxygens (including phenoxy) is 1. The summed E-state index contributed by atoms with van der Waals surface area (Å²) in [6, 6.07) is 3.75. The SMILES string of the molecule is COc1ccc(Br)cc1S(=O)(=O)N[C@H]1CCCC[C@H]1NS(C)(=O)=O. The Morgan fingerprint density at radius 1 is 1.08 bits per heavy atom. The van der Waals surface area contributed by atoms with Gasteiger partial charge in [0.15, 0.2) is 0 Å². The summed E-state index contributed by atoms with van der Waals surface area (Å²) in [5.41, 5.74) is 0. The number of hydrogen-bond donors (Lipinski definition) is 2. The Balaban J connectivity index is 2.28. The number of sulfonamides is 2. The first kappa shape index (κ1) is 19.6. The molecular weight excluding hydrogens is 420 g/mol. The first-order valence-electron chi connectivity index (χ1n) is 7.45. The highest BCUT2D eigenvalue weighted by Crippen LogP contribution is 2.28. The van der Waals surface area contributed by atoms with Gasteiger partial charge in [-0.05, 0) is 31.0 Å². The van der Waals surface area contributed by atoms with E-state index in [0.29, 0.717) is 17.3 Å². The molecule has 10 heteroatoms. The molecule has 1 fully saturated rings. The van der Waals surface area contributed by atoms with Gasteiger partial charge in [-0.2, -0.15) is 0 Å². The van der Waals surface area contributed by atoms with E-state index in [4.69, 9.17) is 4.74 Å². The van der Waals surface area contributed by atoms with Gasteiger partial charge in [0.2, 0.25) is 20.0 Å². The molecule has 0 unspecified atom stereocenters. The Morgan fingerprint density at radius 2 is 1.67 bits per heavy atom. The van der Waals surface area contributed by atoms with Crippen molar-refractivity contribution >= 4 is 36.0 Å². The Bertz CT molecular complexity index is 795. The smallest absolute Gasteiger partial charge is 0.244 e. The van der Waals surface area contributed by atoms with Crippen molar-refractivity contribution in [3.8, 4) is 5.75 Å². The van der Waals surface area contributed by atoms with E-state index in [1.54, 1.807) is 12.1 Å². The maximum absolute atomic E-state index is 12.8. The number of halogens is 1. The quantitative estimate of drug-likeness (QED) is 0.699. The molecule has 0 spiro atoms.